The first-order valence-electron chi connectivity index (χ1n) is 9.18. The van der Waals surface area contributed by atoms with Gasteiger partial charge in [0.1, 0.15) is 5.82 Å². The average Bonchev–Trinajstić information content (AvgIpc) is 2.54. The van der Waals surface area contributed by atoms with E-state index in [4.69, 9.17) is 0 Å². The van der Waals surface area contributed by atoms with Crippen LogP contribution in [0.1, 0.15) is 42.8 Å². The van der Waals surface area contributed by atoms with Gasteiger partial charge in [0, 0.05) is 17.3 Å². The molecule has 0 bridgehead atoms. The Bertz CT molecular complexity index is 682. The lowest BCUT2D eigenvalue weighted by atomic mass is 9.71. The number of rotatable bonds is 5. The lowest BCUT2D eigenvalue weighted by Crippen LogP contribution is -2.53. The standard InChI is InChI=1S/C18H28N4O3.ClH/c1-10-15(18(25)21-11(2)20-10)9-16(24)22-17(13-7-14(23)8-13)12-3-5-19-6-4-12;/h12-14,17,19,23H,3-9H2,1-2H3,(H,22,24)(H,20,21,25);1H. The smallest absolute Gasteiger partial charge is 0.254 e. The number of aryl methyl sites for hydroxylation is 2. The minimum Gasteiger partial charge on any atom is -0.393 e. The van der Waals surface area contributed by atoms with Gasteiger partial charge in [-0.25, -0.2) is 4.98 Å². The van der Waals surface area contributed by atoms with Crippen molar-refractivity contribution in [2.75, 3.05) is 13.1 Å². The predicted octanol–water partition coefficient (Wildman–Crippen LogP) is 0.606. The van der Waals surface area contributed by atoms with Gasteiger partial charge in [-0.3, -0.25) is 9.59 Å². The van der Waals surface area contributed by atoms with Gasteiger partial charge >= 0.3 is 0 Å². The Kier molecular flexibility index (Phi) is 7.20. The van der Waals surface area contributed by atoms with Crippen LogP contribution in [0.4, 0.5) is 0 Å². The van der Waals surface area contributed by atoms with Crippen molar-refractivity contribution in [3.63, 3.8) is 0 Å². The Morgan fingerprint density at radius 1 is 1.27 bits per heavy atom. The molecule has 1 unspecified atom stereocenters. The lowest BCUT2D eigenvalue weighted by molar-refractivity contribution is -0.123. The van der Waals surface area contributed by atoms with Gasteiger partial charge in [-0.2, -0.15) is 0 Å². The monoisotopic (exact) mass is 384 g/mol. The number of aliphatic hydroxyl groups excluding tert-OH is 1. The summed E-state index contributed by atoms with van der Waals surface area (Å²) in [7, 11) is 0. The summed E-state index contributed by atoms with van der Waals surface area (Å²) < 4.78 is 0. The van der Waals surface area contributed by atoms with Crippen LogP contribution in [0.15, 0.2) is 4.79 Å². The van der Waals surface area contributed by atoms with Crippen molar-refractivity contribution in [1.29, 1.82) is 0 Å². The van der Waals surface area contributed by atoms with Crippen molar-refractivity contribution in [3.8, 4) is 0 Å². The van der Waals surface area contributed by atoms with Crippen molar-refractivity contribution >= 4 is 18.3 Å². The van der Waals surface area contributed by atoms with Crippen molar-refractivity contribution in [2.24, 2.45) is 11.8 Å². The first-order chi connectivity index (χ1) is 11.9. The molecule has 2 fully saturated rings. The van der Waals surface area contributed by atoms with Crippen LogP contribution in [0.5, 0.6) is 0 Å². The first kappa shape index (κ1) is 20.9. The third-order valence-electron chi connectivity index (χ3n) is 5.55. The van der Waals surface area contributed by atoms with E-state index in [2.05, 4.69) is 20.6 Å². The zero-order valence-electron chi connectivity index (χ0n) is 15.4. The van der Waals surface area contributed by atoms with E-state index in [9.17, 15) is 14.7 Å². The van der Waals surface area contributed by atoms with Crippen LogP contribution >= 0.6 is 12.4 Å². The van der Waals surface area contributed by atoms with Crippen LogP contribution < -0.4 is 16.2 Å². The summed E-state index contributed by atoms with van der Waals surface area (Å²) in [5, 5.41) is 16.2. The van der Waals surface area contributed by atoms with Gasteiger partial charge < -0.3 is 20.7 Å². The molecule has 1 amide bonds. The van der Waals surface area contributed by atoms with Crippen LogP contribution in [0, 0.1) is 25.7 Å². The summed E-state index contributed by atoms with van der Waals surface area (Å²) in [5.74, 6) is 1.18. The van der Waals surface area contributed by atoms with E-state index in [1.54, 1.807) is 13.8 Å². The molecule has 26 heavy (non-hydrogen) atoms. The van der Waals surface area contributed by atoms with E-state index in [0.29, 0.717) is 28.9 Å². The Morgan fingerprint density at radius 2 is 1.92 bits per heavy atom. The molecule has 1 atom stereocenters. The predicted molar refractivity (Wildman–Crippen MR) is 102 cm³/mol. The van der Waals surface area contributed by atoms with Crippen molar-refractivity contribution in [1.82, 2.24) is 20.6 Å². The van der Waals surface area contributed by atoms with Gasteiger partial charge in [0.25, 0.3) is 5.56 Å². The summed E-state index contributed by atoms with van der Waals surface area (Å²) in [5.41, 5.74) is 0.798. The van der Waals surface area contributed by atoms with Crippen molar-refractivity contribution in [2.45, 2.75) is 58.1 Å². The molecule has 1 aromatic heterocycles. The summed E-state index contributed by atoms with van der Waals surface area (Å²) in [6, 6.07) is 0.0794. The fourth-order valence-electron chi connectivity index (χ4n) is 4.10. The molecule has 1 aromatic rings. The number of hydrogen-bond donors (Lipinski definition) is 4. The Hall–Kier alpha value is -1.44. The Balaban J connectivity index is 0.00000243. The number of amides is 1. The number of nitrogens with zero attached hydrogens (tertiary/aromatic N) is 1. The fraction of sp³-hybridized carbons (Fsp3) is 0.722. The number of aliphatic hydroxyl groups is 1. The van der Waals surface area contributed by atoms with Crippen LogP contribution in [0.3, 0.4) is 0 Å². The zero-order valence-corrected chi connectivity index (χ0v) is 16.2. The maximum absolute atomic E-state index is 12.6. The fourth-order valence-corrected chi connectivity index (χ4v) is 4.10. The molecule has 1 aliphatic heterocycles. The molecule has 4 N–H and O–H groups in total. The van der Waals surface area contributed by atoms with E-state index in [1.165, 1.54) is 0 Å². The molecule has 8 heteroatoms. The molecule has 1 saturated heterocycles. The second-order valence-corrected chi connectivity index (χ2v) is 7.46. The highest BCUT2D eigenvalue weighted by Gasteiger charge is 2.39. The number of aromatic amines is 1. The number of carbonyl (C=O) groups excluding carboxylic acids is 1. The third-order valence-corrected chi connectivity index (χ3v) is 5.55. The molecule has 0 aromatic carbocycles. The first-order valence-corrected chi connectivity index (χ1v) is 9.18. The second-order valence-electron chi connectivity index (χ2n) is 7.46. The van der Waals surface area contributed by atoms with E-state index in [-0.39, 0.29) is 42.4 Å². The summed E-state index contributed by atoms with van der Waals surface area (Å²) in [6.45, 7) is 5.42. The zero-order chi connectivity index (χ0) is 18.0. The molecule has 7 nitrogen and oxygen atoms in total. The molecule has 1 aliphatic carbocycles. The number of halogens is 1. The number of nitrogens with one attached hydrogen (secondary N) is 3. The molecule has 146 valence electrons. The number of carbonyl (C=O) groups is 1. The topological polar surface area (TPSA) is 107 Å². The van der Waals surface area contributed by atoms with Gasteiger partial charge in [-0.15, -0.1) is 12.4 Å². The van der Waals surface area contributed by atoms with E-state index >= 15 is 0 Å². The van der Waals surface area contributed by atoms with Gasteiger partial charge in [0.2, 0.25) is 5.91 Å². The highest BCUT2D eigenvalue weighted by Crippen LogP contribution is 2.35. The molecule has 2 heterocycles. The van der Waals surface area contributed by atoms with E-state index in [1.807, 2.05) is 0 Å². The molecule has 0 spiro atoms. The maximum atomic E-state index is 12.6. The minimum absolute atomic E-state index is 0. The quantitative estimate of drug-likeness (QED) is 0.595. The lowest BCUT2D eigenvalue weighted by Gasteiger charge is -2.43. The van der Waals surface area contributed by atoms with Crippen LogP contribution in [-0.2, 0) is 11.2 Å². The van der Waals surface area contributed by atoms with E-state index in [0.717, 1.165) is 38.8 Å². The summed E-state index contributed by atoms with van der Waals surface area (Å²) in [6.07, 6.45) is 3.37. The molecule has 0 radical (unpaired) electrons. The van der Waals surface area contributed by atoms with Crippen LogP contribution in [0.25, 0.3) is 0 Å². The normalized spacial score (nSPS) is 24.3. The van der Waals surface area contributed by atoms with E-state index < -0.39 is 0 Å². The highest BCUT2D eigenvalue weighted by molar-refractivity contribution is 5.85. The number of piperidine rings is 1. The minimum atomic E-state index is -0.238. The number of hydrogen-bond acceptors (Lipinski definition) is 5. The third kappa shape index (κ3) is 4.84. The number of aromatic nitrogens is 2. The van der Waals surface area contributed by atoms with Crippen LogP contribution in [-0.4, -0.2) is 46.2 Å². The Morgan fingerprint density at radius 3 is 2.50 bits per heavy atom. The SMILES string of the molecule is Cc1nc(C)c(CC(=O)NC(C2CCNCC2)C2CC(O)C2)c(=O)[nH]1.Cl. The maximum Gasteiger partial charge on any atom is 0.254 e. The van der Waals surface area contributed by atoms with Crippen molar-refractivity contribution in [3.05, 3.63) is 27.4 Å². The molecule has 1 saturated carbocycles. The molecule has 3 rings (SSSR count). The van der Waals surface area contributed by atoms with Crippen molar-refractivity contribution < 1.29 is 9.90 Å². The van der Waals surface area contributed by atoms with Crippen LogP contribution in [0.2, 0.25) is 0 Å². The largest absolute Gasteiger partial charge is 0.393 e. The Labute approximate surface area is 159 Å². The molecular formula is C18H29ClN4O3. The number of H-pyrrole nitrogens is 1. The van der Waals surface area contributed by atoms with Gasteiger partial charge in [-0.05, 0) is 64.5 Å². The van der Waals surface area contributed by atoms with Gasteiger partial charge in [0.15, 0.2) is 0 Å². The molecule has 2 aliphatic rings. The summed E-state index contributed by atoms with van der Waals surface area (Å²) >= 11 is 0. The second kappa shape index (κ2) is 8.97. The van der Waals surface area contributed by atoms with Gasteiger partial charge in [-0.1, -0.05) is 0 Å². The summed E-state index contributed by atoms with van der Waals surface area (Å²) in [4.78, 5) is 31.6. The average molecular weight is 385 g/mol. The highest BCUT2D eigenvalue weighted by atomic mass is 35.5. The van der Waals surface area contributed by atoms with Gasteiger partial charge in [0.05, 0.1) is 12.5 Å². The molecular weight excluding hydrogens is 356 g/mol.